The quantitative estimate of drug-likeness (QED) is 0.608. The lowest BCUT2D eigenvalue weighted by Crippen LogP contribution is -2.53. The number of anilines is 1. The Hall–Kier alpha value is -2.58. The highest BCUT2D eigenvalue weighted by Gasteiger charge is 2.35. The van der Waals surface area contributed by atoms with E-state index in [0.29, 0.717) is 33.3 Å². The average molecular weight is 440 g/mol. The van der Waals surface area contributed by atoms with Gasteiger partial charge in [-0.1, -0.05) is 0 Å². The Kier molecular flexibility index (Phi) is 5.14. The highest BCUT2D eigenvalue weighted by atomic mass is 32.1. The fourth-order valence-electron chi connectivity index (χ4n) is 4.51. The number of phenols is 1. The van der Waals surface area contributed by atoms with Crippen LogP contribution in [0.3, 0.4) is 0 Å². The Labute approximate surface area is 185 Å². The van der Waals surface area contributed by atoms with E-state index >= 15 is 0 Å². The molecule has 0 spiro atoms. The van der Waals surface area contributed by atoms with Gasteiger partial charge in [0.1, 0.15) is 11.6 Å². The van der Waals surface area contributed by atoms with E-state index in [1.165, 1.54) is 42.7 Å². The zero-order chi connectivity index (χ0) is 21.6. The molecule has 2 aromatic heterocycles. The second-order valence-electron chi connectivity index (χ2n) is 8.86. The largest absolute Gasteiger partial charge is 0.507 e. The highest BCUT2D eigenvalue weighted by molar-refractivity contribution is 7.15. The van der Waals surface area contributed by atoms with Crippen LogP contribution in [0.1, 0.15) is 37.6 Å². The molecule has 2 N–H and O–H groups in total. The first kappa shape index (κ1) is 20.3. The van der Waals surface area contributed by atoms with Gasteiger partial charge in [0.25, 0.3) is 0 Å². The summed E-state index contributed by atoms with van der Waals surface area (Å²) in [5, 5.41) is 23.8. The van der Waals surface area contributed by atoms with Crippen molar-refractivity contribution in [2.24, 2.45) is 0 Å². The minimum Gasteiger partial charge on any atom is -0.507 e. The lowest BCUT2D eigenvalue weighted by molar-refractivity contribution is 0.189. The van der Waals surface area contributed by atoms with Crippen molar-refractivity contribution in [3.63, 3.8) is 0 Å². The Morgan fingerprint density at radius 1 is 1.23 bits per heavy atom. The van der Waals surface area contributed by atoms with Gasteiger partial charge in [0.2, 0.25) is 0 Å². The predicted molar refractivity (Wildman–Crippen MR) is 121 cm³/mol. The number of aromatic hydroxyl groups is 1. The molecule has 8 heteroatoms. The van der Waals surface area contributed by atoms with E-state index in [-0.39, 0.29) is 5.75 Å². The number of benzene rings is 1. The number of halogens is 1. The molecule has 1 unspecified atom stereocenters. The molecule has 31 heavy (non-hydrogen) atoms. The summed E-state index contributed by atoms with van der Waals surface area (Å²) < 4.78 is 14.8. The van der Waals surface area contributed by atoms with E-state index in [9.17, 15) is 9.50 Å². The third-order valence-corrected chi connectivity index (χ3v) is 7.37. The number of rotatable bonds is 5. The van der Waals surface area contributed by atoms with E-state index in [2.05, 4.69) is 32.3 Å². The maximum Gasteiger partial charge on any atom is 0.151 e. The zero-order valence-corrected chi connectivity index (χ0v) is 18.5. The van der Waals surface area contributed by atoms with E-state index in [0.717, 1.165) is 30.3 Å². The maximum atomic E-state index is 14.8. The summed E-state index contributed by atoms with van der Waals surface area (Å²) in [5.41, 5.74) is 1.41. The number of phenolic OH excluding ortho intramolecular Hbond substituents is 1. The van der Waals surface area contributed by atoms with Crippen LogP contribution in [0.5, 0.6) is 5.75 Å². The van der Waals surface area contributed by atoms with E-state index in [4.69, 9.17) is 0 Å². The normalized spacial score (nSPS) is 20.1. The first-order valence-corrected chi connectivity index (χ1v) is 11.5. The molecule has 3 aromatic rings. The minimum atomic E-state index is -0.416. The summed E-state index contributed by atoms with van der Waals surface area (Å²) in [6, 6.07) is 6.91. The van der Waals surface area contributed by atoms with Crippen molar-refractivity contribution in [3.05, 3.63) is 41.3 Å². The summed E-state index contributed by atoms with van der Waals surface area (Å²) in [6.07, 6.45) is 6.52. The monoisotopic (exact) mass is 439 g/mol. The maximum absolute atomic E-state index is 14.8. The van der Waals surface area contributed by atoms with Crippen LogP contribution in [0.15, 0.2) is 30.5 Å². The van der Waals surface area contributed by atoms with Gasteiger partial charge >= 0.3 is 0 Å². The third kappa shape index (κ3) is 4.02. The van der Waals surface area contributed by atoms with E-state index in [1.54, 1.807) is 12.3 Å². The number of aryl methyl sites for hydroxylation is 1. The van der Waals surface area contributed by atoms with Crippen LogP contribution in [0.2, 0.25) is 0 Å². The van der Waals surface area contributed by atoms with E-state index < -0.39 is 5.82 Å². The molecule has 1 aliphatic heterocycles. The number of aromatic nitrogens is 3. The second kappa shape index (κ2) is 7.84. The SMILES string of the molecule is Cc1ncc(-c2cc(O)c(-c3ccc(N4CCC(NC5(C)CCC5)C4)nn3)cc2F)s1. The molecular formula is C23H26FN5OS. The summed E-state index contributed by atoms with van der Waals surface area (Å²) in [6.45, 7) is 6.02. The number of thiazole rings is 1. The molecule has 0 amide bonds. The molecular weight excluding hydrogens is 413 g/mol. The molecule has 2 aliphatic rings. The average Bonchev–Trinajstić information content (AvgIpc) is 3.37. The molecule has 1 saturated carbocycles. The van der Waals surface area contributed by atoms with Crippen molar-refractivity contribution in [2.75, 3.05) is 18.0 Å². The fraction of sp³-hybridized carbons (Fsp3) is 0.435. The minimum absolute atomic E-state index is 0.0244. The van der Waals surface area contributed by atoms with Crippen LogP contribution < -0.4 is 10.2 Å². The molecule has 1 aromatic carbocycles. The molecule has 1 atom stereocenters. The fourth-order valence-corrected chi connectivity index (χ4v) is 5.31. The van der Waals surface area contributed by atoms with Gasteiger partial charge in [-0.15, -0.1) is 21.5 Å². The van der Waals surface area contributed by atoms with Crippen molar-refractivity contribution in [2.45, 2.75) is 51.1 Å². The van der Waals surface area contributed by atoms with Gasteiger partial charge in [-0.05, 0) is 63.8 Å². The van der Waals surface area contributed by atoms with Crippen LogP contribution in [-0.2, 0) is 0 Å². The van der Waals surface area contributed by atoms with Gasteiger partial charge in [-0.3, -0.25) is 0 Å². The molecule has 6 nitrogen and oxygen atoms in total. The van der Waals surface area contributed by atoms with Crippen LogP contribution in [-0.4, -0.2) is 45.0 Å². The number of hydrogen-bond donors (Lipinski definition) is 2. The molecule has 3 heterocycles. The first-order chi connectivity index (χ1) is 14.9. The molecule has 2 fully saturated rings. The van der Waals surface area contributed by atoms with Crippen molar-refractivity contribution >= 4 is 17.2 Å². The van der Waals surface area contributed by atoms with Crippen molar-refractivity contribution in [1.29, 1.82) is 0 Å². The van der Waals surface area contributed by atoms with Crippen LogP contribution in [0.25, 0.3) is 21.7 Å². The van der Waals surface area contributed by atoms with Gasteiger partial charge in [0.15, 0.2) is 5.82 Å². The number of nitrogens with zero attached hydrogens (tertiary/aromatic N) is 4. The van der Waals surface area contributed by atoms with Gasteiger partial charge in [-0.2, -0.15) is 0 Å². The molecule has 5 rings (SSSR count). The predicted octanol–water partition coefficient (Wildman–Crippen LogP) is 4.53. The van der Waals surface area contributed by atoms with Crippen LogP contribution in [0, 0.1) is 12.7 Å². The summed E-state index contributed by atoms with van der Waals surface area (Å²) in [4.78, 5) is 7.08. The van der Waals surface area contributed by atoms with Crippen LogP contribution in [0.4, 0.5) is 10.2 Å². The number of nitrogens with one attached hydrogen (secondary N) is 1. The van der Waals surface area contributed by atoms with Gasteiger partial charge in [0, 0.05) is 42.0 Å². The summed E-state index contributed by atoms with van der Waals surface area (Å²) in [5.74, 6) is 0.368. The molecule has 1 saturated heterocycles. The van der Waals surface area contributed by atoms with Crippen molar-refractivity contribution < 1.29 is 9.50 Å². The van der Waals surface area contributed by atoms with E-state index in [1.807, 2.05) is 13.0 Å². The third-order valence-electron chi connectivity index (χ3n) is 6.42. The first-order valence-electron chi connectivity index (χ1n) is 10.7. The number of hydrogen-bond acceptors (Lipinski definition) is 7. The van der Waals surface area contributed by atoms with Crippen molar-refractivity contribution in [3.8, 4) is 27.4 Å². The molecule has 1 aliphatic carbocycles. The lowest BCUT2D eigenvalue weighted by atomic mass is 9.78. The topological polar surface area (TPSA) is 74.2 Å². The van der Waals surface area contributed by atoms with Gasteiger partial charge in [0.05, 0.1) is 15.6 Å². The standard InChI is InChI=1S/C23H26FN5OS/c1-14-25-12-21(31-14)16-11-20(30)17(10-18(16)24)19-4-5-22(28-27-19)29-9-6-15(13-29)26-23(2)7-3-8-23/h4-5,10-12,15,26,30H,3,6-9,13H2,1-2H3. The lowest BCUT2D eigenvalue weighted by Gasteiger charge is -2.41. The molecule has 0 bridgehead atoms. The molecule has 162 valence electrons. The Morgan fingerprint density at radius 3 is 2.71 bits per heavy atom. The Morgan fingerprint density at radius 2 is 2.06 bits per heavy atom. The highest BCUT2D eigenvalue weighted by Crippen LogP contribution is 2.37. The van der Waals surface area contributed by atoms with Gasteiger partial charge in [-0.25, -0.2) is 9.37 Å². The summed E-state index contributed by atoms with van der Waals surface area (Å²) in [7, 11) is 0. The Balaban J connectivity index is 1.31. The van der Waals surface area contributed by atoms with Crippen LogP contribution >= 0.6 is 11.3 Å². The summed E-state index contributed by atoms with van der Waals surface area (Å²) >= 11 is 1.39. The molecule has 0 radical (unpaired) electrons. The smallest absolute Gasteiger partial charge is 0.151 e. The Bertz CT molecular complexity index is 1100. The zero-order valence-electron chi connectivity index (χ0n) is 17.7. The van der Waals surface area contributed by atoms with Crippen molar-refractivity contribution in [1.82, 2.24) is 20.5 Å². The second-order valence-corrected chi connectivity index (χ2v) is 10.1. The van der Waals surface area contributed by atoms with Gasteiger partial charge < -0.3 is 15.3 Å².